The van der Waals surface area contributed by atoms with Crippen LogP contribution in [0, 0.1) is 6.92 Å². The van der Waals surface area contributed by atoms with Gasteiger partial charge in [0.1, 0.15) is 18.1 Å². The number of nitrogens with one attached hydrogen (secondary N) is 3. The van der Waals surface area contributed by atoms with E-state index in [9.17, 15) is 24.0 Å². The first-order valence-corrected chi connectivity index (χ1v) is 20.6. The lowest BCUT2D eigenvalue weighted by Gasteiger charge is -2.29. The van der Waals surface area contributed by atoms with E-state index in [4.69, 9.17) is 18.9 Å². The summed E-state index contributed by atoms with van der Waals surface area (Å²) in [5, 5.41) is 8.38. The zero-order valence-corrected chi connectivity index (χ0v) is 34.6. The number of alkyl carbamates (subject to hydrolysis) is 2. The average molecular weight is 838 g/mol. The molecule has 2 saturated heterocycles. The van der Waals surface area contributed by atoms with Gasteiger partial charge in [-0.15, -0.1) is 0 Å². The molecule has 4 atom stereocenters. The lowest BCUT2D eigenvalue weighted by Crippen LogP contribution is -2.48. The number of hydrogen-bond acceptors (Lipinski definition) is 10. The van der Waals surface area contributed by atoms with E-state index in [0.29, 0.717) is 66.4 Å². The molecule has 0 aliphatic carbocycles. The van der Waals surface area contributed by atoms with Crippen molar-refractivity contribution in [1.29, 1.82) is 0 Å². The number of aryl methyl sites for hydroxylation is 1. The number of aliphatic imine (C=N–C) groups is 1. The summed E-state index contributed by atoms with van der Waals surface area (Å²) in [5.41, 5.74) is 6.74. The zero-order chi connectivity index (χ0) is 43.3. The summed E-state index contributed by atoms with van der Waals surface area (Å²) >= 11 is 0. The fourth-order valence-corrected chi connectivity index (χ4v) is 8.43. The number of benzene rings is 4. The highest BCUT2D eigenvalue weighted by atomic mass is 16.5. The van der Waals surface area contributed by atoms with E-state index in [-0.39, 0.29) is 17.9 Å². The quantitative estimate of drug-likeness (QED) is 0.125. The smallest absolute Gasteiger partial charge is 0.407 e. The predicted molar refractivity (Wildman–Crippen MR) is 230 cm³/mol. The molecule has 4 aromatic carbocycles. The second-order valence-electron chi connectivity index (χ2n) is 15.5. The minimum atomic E-state index is -1.02. The highest BCUT2D eigenvalue weighted by molar-refractivity contribution is 6.02. The van der Waals surface area contributed by atoms with Crippen LogP contribution in [0.4, 0.5) is 21.0 Å². The van der Waals surface area contributed by atoms with Gasteiger partial charge in [-0.1, -0.05) is 78.9 Å². The first-order chi connectivity index (χ1) is 30.1. The Bertz CT molecular complexity index is 2520. The molecule has 5 amide bonds. The van der Waals surface area contributed by atoms with Crippen LogP contribution in [0.3, 0.4) is 0 Å². The van der Waals surface area contributed by atoms with Crippen molar-refractivity contribution in [3.63, 3.8) is 0 Å². The van der Waals surface area contributed by atoms with Crippen molar-refractivity contribution < 1.29 is 37.9 Å². The number of likely N-dealkylation sites (tertiary alicyclic amines) is 2. The SMILES string of the molecule is COC(=O)N[C@@H](C(=O)N1CCC[C@H]1C(=O)Nc1cc(-c2cnc(-c3ccc4c(c3)N=C([C@@H]3CCCN3C(=O)[C@H](NC(=O)OC)c3ccccc3)C4)o2)ccc1C)c1ccccc1. The molecule has 0 saturated carbocycles. The molecular weight excluding hydrogens is 791 g/mol. The lowest BCUT2D eigenvalue weighted by atomic mass is 10.0. The van der Waals surface area contributed by atoms with Crippen LogP contribution < -0.4 is 16.0 Å². The lowest BCUT2D eigenvalue weighted by molar-refractivity contribution is -0.138. The van der Waals surface area contributed by atoms with E-state index < -0.39 is 36.2 Å². The summed E-state index contributed by atoms with van der Waals surface area (Å²) in [6, 6.07) is 26.6. The number of rotatable bonds is 11. The maximum Gasteiger partial charge on any atom is 0.407 e. The van der Waals surface area contributed by atoms with Crippen LogP contribution in [0.5, 0.6) is 0 Å². The van der Waals surface area contributed by atoms with Crippen molar-refractivity contribution >= 4 is 47.0 Å². The van der Waals surface area contributed by atoms with Crippen molar-refractivity contribution in [1.82, 2.24) is 25.4 Å². The molecule has 15 heteroatoms. The number of oxazole rings is 1. The summed E-state index contributed by atoms with van der Waals surface area (Å²) < 4.78 is 15.9. The van der Waals surface area contributed by atoms with E-state index in [0.717, 1.165) is 40.9 Å². The predicted octanol–water partition coefficient (Wildman–Crippen LogP) is 7.06. The van der Waals surface area contributed by atoms with E-state index in [2.05, 4.69) is 20.9 Å². The van der Waals surface area contributed by atoms with Gasteiger partial charge in [-0.25, -0.2) is 14.6 Å². The summed E-state index contributed by atoms with van der Waals surface area (Å²) in [6.45, 7) is 2.79. The highest BCUT2D eigenvalue weighted by Gasteiger charge is 2.40. The van der Waals surface area contributed by atoms with Gasteiger partial charge in [0.15, 0.2) is 5.76 Å². The Kier molecular flexibility index (Phi) is 12.1. The molecule has 4 heterocycles. The number of amides is 5. The second-order valence-corrected chi connectivity index (χ2v) is 15.5. The maximum atomic E-state index is 14.0. The Labute approximate surface area is 358 Å². The number of anilines is 1. The molecule has 5 aromatic rings. The van der Waals surface area contributed by atoms with E-state index >= 15 is 0 Å². The largest absolute Gasteiger partial charge is 0.453 e. The van der Waals surface area contributed by atoms with Crippen molar-refractivity contribution in [3.05, 3.63) is 126 Å². The first-order valence-electron chi connectivity index (χ1n) is 20.6. The van der Waals surface area contributed by atoms with Gasteiger partial charge in [-0.05, 0) is 73.1 Å². The maximum absolute atomic E-state index is 14.0. The van der Waals surface area contributed by atoms with Gasteiger partial charge in [0.05, 0.1) is 32.1 Å². The van der Waals surface area contributed by atoms with Crippen molar-refractivity contribution in [3.8, 4) is 22.8 Å². The molecule has 0 spiro atoms. The molecule has 1 aromatic heterocycles. The summed E-state index contributed by atoms with van der Waals surface area (Å²) in [6.07, 6.45) is 3.45. The van der Waals surface area contributed by atoms with Gasteiger partial charge in [-0.3, -0.25) is 19.4 Å². The fourth-order valence-electron chi connectivity index (χ4n) is 8.43. The number of hydrogen-bond donors (Lipinski definition) is 3. The third-order valence-electron chi connectivity index (χ3n) is 11.7. The normalized spacial score (nSPS) is 17.7. The van der Waals surface area contributed by atoms with Crippen molar-refractivity contribution in [2.45, 2.75) is 63.2 Å². The molecule has 0 bridgehead atoms. The molecule has 0 radical (unpaired) electrons. The topological polar surface area (TPSA) is 185 Å². The van der Waals surface area contributed by atoms with E-state index in [1.807, 2.05) is 84.6 Å². The minimum Gasteiger partial charge on any atom is -0.453 e. The fraction of sp³-hybridized carbons (Fsp3) is 0.298. The average Bonchev–Trinajstić information content (AvgIpc) is 4.15. The molecule has 3 N–H and O–H groups in total. The molecule has 3 aliphatic rings. The molecule has 318 valence electrons. The van der Waals surface area contributed by atoms with Crippen molar-refractivity contribution in [2.24, 2.45) is 4.99 Å². The van der Waals surface area contributed by atoms with Crippen LogP contribution in [-0.4, -0.2) is 89.8 Å². The van der Waals surface area contributed by atoms with Crippen LogP contribution >= 0.6 is 0 Å². The van der Waals surface area contributed by atoms with Gasteiger partial charge in [-0.2, -0.15) is 0 Å². The van der Waals surface area contributed by atoms with E-state index in [1.54, 1.807) is 30.5 Å². The minimum absolute atomic E-state index is 0.216. The summed E-state index contributed by atoms with van der Waals surface area (Å²) in [5.74, 6) is -0.0666. The van der Waals surface area contributed by atoms with Crippen LogP contribution in [0.2, 0.25) is 0 Å². The van der Waals surface area contributed by atoms with Gasteiger partial charge in [0.2, 0.25) is 17.7 Å². The van der Waals surface area contributed by atoms with Crippen LogP contribution in [0.25, 0.3) is 22.8 Å². The Morgan fingerprint density at radius 3 is 2.02 bits per heavy atom. The third kappa shape index (κ3) is 8.64. The molecule has 8 rings (SSSR count). The highest BCUT2D eigenvalue weighted by Crippen LogP contribution is 2.37. The van der Waals surface area contributed by atoms with Crippen molar-refractivity contribution in [2.75, 3.05) is 32.6 Å². The van der Waals surface area contributed by atoms with Crippen LogP contribution in [0.15, 0.2) is 113 Å². The first kappa shape index (κ1) is 41.4. The molecule has 15 nitrogen and oxygen atoms in total. The number of ether oxygens (including phenoxy) is 2. The number of carbonyl (C=O) groups is 5. The number of methoxy groups -OCH3 is 2. The monoisotopic (exact) mass is 837 g/mol. The summed E-state index contributed by atoms with van der Waals surface area (Å²) in [7, 11) is 2.50. The molecule has 3 aliphatic heterocycles. The zero-order valence-electron chi connectivity index (χ0n) is 34.6. The van der Waals surface area contributed by atoms with Gasteiger partial charge in [0.25, 0.3) is 5.91 Å². The van der Waals surface area contributed by atoms with E-state index in [1.165, 1.54) is 19.1 Å². The number of fused-ring (bicyclic) bond motifs is 1. The molecular formula is C47H47N7O8. The number of carbonyl (C=O) groups excluding carboxylic acids is 5. The second kappa shape index (κ2) is 18.1. The Morgan fingerprint density at radius 1 is 0.742 bits per heavy atom. The molecule has 62 heavy (non-hydrogen) atoms. The standard InChI is InChI=1S/C47H47N7O8/c1-28-18-19-32(25-34(28)50-42(55)38-17-11-23-54(38)45(57)41(52-47(59)61-3)30-14-8-5-9-15-30)39-27-48-43(62-39)33-21-20-31-24-36(49-35(31)26-33)37-16-10-22-53(37)44(56)40(51-46(58)60-2)29-12-6-4-7-13-29/h4-9,12-15,18-21,25-27,37-38,40-41H,10-11,16-17,22-24H2,1-3H3,(H,50,55)(H,51,58)(H,52,59)/t37-,38-,40+,41+/m0/s1. The number of aromatic nitrogens is 1. The van der Waals surface area contributed by atoms with Gasteiger partial charge >= 0.3 is 12.2 Å². The Hall–Kier alpha value is -7.29. The van der Waals surface area contributed by atoms with Gasteiger partial charge in [0, 0.05) is 42.0 Å². The van der Waals surface area contributed by atoms with Gasteiger partial charge < -0.3 is 39.6 Å². The number of nitrogens with zero attached hydrogens (tertiary/aromatic N) is 4. The van der Waals surface area contributed by atoms with Crippen LogP contribution in [-0.2, 0) is 30.3 Å². The Balaban J connectivity index is 0.962. The molecule has 0 unspecified atom stereocenters. The Morgan fingerprint density at radius 2 is 1.35 bits per heavy atom. The summed E-state index contributed by atoms with van der Waals surface area (Å²) in [4.78, 5) is 79.2. The van der Waals surface area contributed by atoms with Crippen LogP contribution in [0.1, 0.15) is 60.0 Å². The third-order valence-corrected chi connectivity index (χ3v) is 11.7. The molecule has 2 fully saturated rings.